The SMILES string of the molecule is Cc1c([N+](=O)[O-])cc(C(C)(C)C)c(OS(=O)(=O)N(C)C)c1[N+](=O)[O-]. The highest BCUT2D eigenvalue weighted by atomic mass is 32.2. The molecule has 0 heterocycles. The molecular formula is C13H19N3O7S. The van der Waals surface area contributed by atoms with Crippen LogP contribution in [0.15, 0.2) is 6.07 Å². The van der Waals surface area contributed by atoms with Crippen LogP contribution < -0.4 is 4.18 Å². The summed E-state index contributed by atoms with van der Waals surface area (Å²) in [6, 6.07) is 1.11. The molecule has 0 atom stereocenters. The highest BCUT2D eigenvalue weighted by Crippen LogP contribution is 2.45. The molecule has 10 nitrogen and oxygen atoms in total. The normalized spacial score (nSPS) is 12.3. The summed E-state index contributed by atoms with van der Waals surface area (Å²) in [5.74, 6) is -0.510. The van der Waals surface area contributed by atoms with Crippen LogP contribution in [0.4, 0.5) is 11.4 Å². The predicted octanol–water partition coefficient (Wildman–Crippen LogP) is 2.29. The molecule has 0 aliphatic carbocycles. The van der Waals surface area contributed by atoms with Crippen LogP contribution in [0.25, 0.3) is 0 Å². The summed E-state index contributed by atoms with van der Waals surface area (Å²) in [6.45, 7) is 6.10. The lowest BCUT2D eigenvalue weighted by atomic mass is 9.84. The molecule has 0 fully saturated rings. The molecular weight excluding hydrogens is 342 g/mol. The highest BCUT2D eigenvalue weighted by molar-refractivity contribution is 7.84. The van der Waals surface area contributed by atoms with Gasteiger partial charge < -0.3 is 4.18 Å². The van der Waals surface area contributed by atoms with E-state index in [0.717, 1.165) is 10.4 Å². The second-order valence-corrected chi connectivity index (χ2v) is 8.09. The molecule has 0 N–H and O–H groups in total. The maximum atomic E-state index is 12.0. The van der Waals surface area contributed by atoms with Crippen molar-refractivity contribution < 1.29 is 22.4 Å². The lowest BCUT2D eigenvalue weighted by Gasteiger charge is -2.23. The van der Waals surface area contributed by atoms with Crippen molar-refractivity contribution in [2.24, 2.45) is 0 Å². The maximum absolute atomic E-state index is 12.0. The van der Waals surface area contributed by atoms with Crippen LogP contribution >= 0.6 is 0 Å². The zero-order valence-electron chi connectivity index (χ0n) is 14.2. The van der Waals surface area contributed by atoms with Gasteiger partial charge in [0.1, 0.15) is 5.56 Å². The Labute approximate surface area is 139 Å². The Balaban J connectivity index is 3.93. The average Bonchev–Trinajstić information content (AvgIpc) is 2.35. The van der Waals surface area contributed by atoms with Gasteiger partial charge in [0, 0.05) is 25.7 Å². The Morgan fingerprint density at radius 2 is 1.62 bits per heavy atom. The first-order valence-corrected chi connectivity index (χ1v) is 8.15. The molecule has 0 bridgehead atoms. The van der Waals surface area contributed by atoms with Crippen molar-refractivity contribution in [3.63, 3.8) is 0 Å². The van der Waals surface area contributed by atoms with Crippen molar-refractivity contribution in [3.8, 4) is 5.75 Å². The minimum atomic E-state index is -4.28. The quantitative estimate of drug-likeness (QED) is 0.580. The molecule has 0 saturated carbocycles. The van der Waals surface area contributed by atoms with Crippen molar-refractivity contribution in [1.82, 2.24) is 4.31 Å². The van der Waals surface area contributed by atoms with Crippen LogP contribution in [0.2, 0.25) is 0 Å². The Morgan fingerprint density at radius 1 is 1.12 bits per heavy atom. The van der Waals surface area contributed by atoms with E-state index in [1.807, 2.05) is 0 Å². The summed E-state index contributed by atoms with van der Waals surface area (Å²) in [4.78, 5) is 21.0. The molecule has 0 amide bonds. The summed E-state index contributed by atoms with van der Waals surface area (Å²) in [7, 11) is -1.87. The first-order chi connectivity index (χ1) is 10.7. The largest absolute Gasteiger partial charge is 0.384 e. The van der Waals surface area contributed by atoms with Crippen LogP contribution in [0.1, 0.15) is 31.9 Å². The van der Waals surface area contributed by atoms with E-state index in [1.165, 1.54) is 21.0 Å². The molecule has 0 spiro atoms. The number of hydrogen-bond donors (Lipinski definition) is 0. The van der Waals surface area contributed by atoms with Crippen molar-refractivity contribution in [1.29, 1.82) is 0 Å². The highest BCUT2D eigenvalue weighted by Gasteiger charge is 2.37. The standard InChI is InChI=1S/C13H19N3O7S/c1-8-10(15(17)18)7-9(13(2,3)4)12(11(8)16(19)20)23-24(21,22)14(5)6/h7H,1-6H3. The summed E-state index contributed by atoms with van der Waals surface area (Å²) >= 11 is 0. The zero-order chi connectivity index (χ0) is 19.0. The third kappa shape index (κ3) is 3.79. The summed E-state index contributed by atoms with van der Waals surface area (Å²) in [5, 5.41) is 22.6. The number of rotatable bonds is 5. The van der Waals surface area contributed by atoms with E-state index in [0.29, 0.717) is 0 Å². The van der Waals surface area contributed by atoms with Gasteiger partial charge in [0.15, 0.2) is 0 Å². The number of nitrogens with zero attached hydrogens (tertiary/aromatic N) is 3. The average molecular weight is 361 g/mol. The van der Waals surface area contributed by atoms with Crippen LogP contribution in [0, 0.1) is 27.2 Å². The molecule has 0 aliphatic heterocycles. The van der Waals surface area contributed by atoms with Crippen LogP contribution in [-0.4, -0.2) is 36.7 Å². The van der Waals surface area contributed by atoms with E-state index >= 15 is 0 Å². The molecule has 0 radical (unpaired) electrons. The van der Waals surface area contributed by atoms with Gasteiger partial charge >= 0.3 is 16.0 Å². The van der Waals surface area contributed by atoms with Crippen LogP contribution in [-0.2, 0) is 15.7 Å². The van der Waals surface area contributed by atoms with E-state index in [2.05, 4.69) is 0 Å². The summed E-state index contributed by atoms with van der Waals surface area (Å²) < 4.78 is 29.8. The minimum Gasteiger partial charge on any atom is -0.363 e. The van der Waals surface area contributed by atoms with Gasteiger partial charge in [-0.3, -0.25) is 20.2 Å². The van der Waals surface area contributed by atoms with E-state index < -0.39 is 42.7 Å². The maximum Gasteiger partial charge on any atom is 0.384 e. The fourth-order valence-corrected chi connectivity index (χ4v) is 2.49. The van der Waals surface area contributed by atoms with Gasteiger partial charge in [-0.05, 0) is 12.3 Å². The predicted molar refractivity (Wildman–Crippen MR) is 86.4 cm³/mol. The number of benzene rings is 1. The van der Waals surface area contributed by atoms with Gasteiger partial charge in [-0.2, -0.15) is 12.7 Å². The van der Waals surface area contributed by atoms with Crippen molar-refractivity contribution in [3.05, 3.63) is 37.4 Å². The van der Waals surface area contributed by atoms with Crippen LogP contribution in [0.3, 0.4) is 0 Å². The van der Waals surface area contributed by atoms with Gasteiger partial charge in [0.05, 0.1) is 9.85 Å². The molecule has 1 aromatic rings. The Kier molecular flexibility index (Phi) is 5.21. The lowest BCUT2D eigenvalue weighted by molar-refractivity contribution is -0.395. The molecule has 1 aromatic carbocycles. The number of hydrogen-bond acceptors (Lipinski definition) is 7. The van der Waals surface area contributed by atoms with Crippen LogP contribution in [0.5, 0.6) is 5.75 Å². The van der Waals surface area contributed by atoms with Gasteiger partial charge in [0.25, 0.3) is 5.69 Å². The molecule has 24 heavy (non-hydrogen) atoms. The molecule has 0 aromatic heterocycles. The first kappa shape index (κ1) is 19.8. The van der Waals surface area contributed by atoms with Gasteiger partial charge in [-0.15, -0.1) is 0 Å². The number of nitro groups is 2. The minimum absolute atomic E-state index is 0.0527. The van der Waals surface area contributed by atoms with E-state index in [1.54, 1.807) is 20.8 Å². The Bertz CT molecular complexity index is 795. The topological polar surface area (TPSA) is 133 Å². The van der Waals surface area contributed by atoms with E-state index in [-0.39, 0.29) is 11.1 Å². The second kappa shape index (κ2) is 6.32. The first-order valence-electron chi connectivity index (χ1n) is 6.79. The third-order valence-corrected chi connectivity index (χ3v) is 4.58. The number of nitro benzene ring substituents is 2. The zero-order valence-corrected chi connectivity index (χ0v) is 15.0. The smallest absolute Gasteiger partial charge is 0.363 e. The molecule has 134 valence electrons. The Morgan fingerprint density at radius 3 is 1.96 bits per heavy atom. The van der Waals surface area contributed by atoms with Gasteiger partial charge in [-0.1, -0.05) is 20.8 Å². The third-order valence-electron chi connectivity index (χ3n) is 3.30. The molecule has 0 unspecified atom stereocenters. The fraction of sp³-hybridized carbons (Fsp3) is 0.538. The summed E-state index contributed by atoms with van der Waals surface area (Å²) in [6.07, 6.45) is 0. The second-order valence-electron chi connectivity index (χ2n) is 6.33. The van der Waals surface area contributed by atoms with Crippen molar-refractivity contribution in [2.45, 2.75) is 33.1 Å². The lowest BCUT2D eigenvalue weighted by Crippen LogP contribution is -2.29. The van der Waals surface area contributed by atoms with Crippen molar-refractivity contribution >= 4 is 21.7 Å². The Hall–Kier alpha value is -2.27. The molecule has 1 rings (SSSR count). The monoisotopic (exact) mass is 361 g/mol. The van der Waals surface area contributed by atoms with E-state index in [4.69, 9.17) is 4.18 Å². The van der Waals surface area contributed by atoms with Gasteiger partial charge in [0.2, 0.25) is 5.75 Å². The summed E-state index contributed by atoms with van der Waals surface area (Å²) in [5.41, 5.74) is -2.26. The van der Waals surface area contributed by atoms with Crippen molar-refractivity contribution in [2.75, 3.05) is 14.1 Å². The molecule has 0 aliphatic rings. The van der Waals surface area contributed by atoms with Gasteiger partial charge in [-0.25, -0.2) is 0 Å². The fourth-order valence-electron chi connectivity index (χ4n) is 1.96. The molecule has 11 heteroatoms. The van der Waals surface area contributed by atoms with E-state index in [9.17, 15) is 28.6 Å². The molecule has 0 saturated heterocycles.